The number of morpholine rings is 1. The molecule has 134 valence electrons. The summed E-state index contributed by atoms with van der Waals surface area (Å²) in [5.74, 6) is -0.156. The van der Waals surface area contributed by atoms with Crippen molar-refractivity contribution in [2.45, 2.75) is 12.6 Å². The van der Waals surface area contributed by atoms with Gasteiger partial charge in [-0.05, 0) is 0 Å². The minimum absolute atomic E-state index is 0.0197. The van der Waals surface area contributed by atoms with Crippen LogP contribution in [0.15, 0.2) is 12.4 Å². The number of urea groups is 1. The Morgan fingerprint density at radius 2 is 1.96 bits per heavy atom. The third-order valence-corrected chi connectivity index (χ3v) is 4.32. The zero-order valence-corrected chi connectivity index (χ0v) is 14.1. The lowest BCUT2D eigenvalue weighted by Gasteiger charge is -2.36. The molecule has 0 aliphatic carbocycles. The van der Waals surface area contributed by atoms with Gasteiger partial charge in [-0.1, -0.05) is 0 Å². The second-order valence-electron chi connectivity index (χ2n) is 5.90. The topological polar surface area (TPSA) is 108 Å². The number of aromatic nitrogens is 2. The molecule has 2 aliphatic heterocycles. The van der Waals surface area contributed by atoms with E-state index < -0.39 is 18.1 Å². The molecule has 3 heterocycles. The molecule has 0 bridgehead atoms. The fraction of sp³-hybridized carbons (Fsp3) is 0.533. The molecule has 0 spiro atoms. The predicted octanol–water partition coefficient (Wildman–Crippen LogP) is -0.717. The standard InChI is InChI=1S/C15H20N6O4/c1-19-12(8-13(22)20(2)15(19)24)18-14(23)10-7-11(17-9-16-10)21-3-5-25-6-4-21/h7,9,12H,3-6,8H2,1-2H3,(H,18,23). The van der Waals surface area contributed by atoms with E-state index in [0.29, 0.717) is 32.1 Å². The molecule has 1 unspecified atom stereocenters. The van der Waals surface area contributed by atoms with Gasteiger partial charge in [-0.15, -0.1) is 0 Å². The summed E-state index contributed by atoms with van der Waals surface area (Å²) in [6.45, 7) is 2.60. The number of nitrogens with zero attached hydrogens (tertiary/aromatic N) is 5. The number of ether oxygens (including phenoxy) is 1. The van der Waals surface area contributed by atoms with Crippen molar-refractivity contribution in [3.63, 3.8) is 0 Å². The second-order valence-corrected chi connectivity index (χ2v) is 5.90. The zero-order valence-electron chi connectivity index (χ0n) is 14.1. The van der Waals surface area contributed by atoms with Crippen molar-refractivity contribution in [1.29, 1.82) is 0 Å². The Labute approximate surface area is 144 Å². The summed E-state index contributed by atoms with van der Waals surface area (Å²) < 4.78 is 5.30. The third kappa shape index (κ3) is 3.53. The molecule has 3 rings (SSSR count). The van der Waals surface area contributed by atoms with Gasteiger partial charge < -0.3 is 19.9 Å². The Morgan fingerprint density at radius 1 is 1.24 bits per heavy atom. The molecule has 1 aromatic heterocycles. The Balaban J connectivity index is 1.71. The Morgan fingerprint density at radius 3 is 2.68 bits per heavy atom. The van der Waals surface area contributed by atoms with E-state index >= 15 is 0 Å². The lowest BCUT2D eigenvalue weighted by Crippen LogP contribution is -2.59. The van der Waals surface area contributed by atoms with Gasteiger partial charge in [-0.3, -0.25) is 14.5 Å². The third-order valence-electron chi connectivity index (χ3n) is 4.32. The van der Waals surface area contributed by atoms with Crippen LogP contribution in [0, 0.1) is 0 Å². The first-order valence-electron chi connectivity index (χ1n) is 7.96. The smallest absolute Gasteiger partial charge is 0.327 e. The van der Waals surface area contributed by atoms with E-state index in [1.54, 1.807) is 6.07 Å². The summed E-state index contributed by atoms with van der Waals surface area (Å²) >= 11 is 0. The van der Waals surface area contributed by atoms with Crippen molar-refractivity contribution in [2.75, 3.05) is 45.3 Å². The Bertz CT molecular complexity index is 690. The fourth-order valence-corrected chi connectivity index (χ4v) is 2.73. The molecule has 1 aromatic rings. The van der Waals surface area contributed by atoms with Gasteiger partial charge in [0.25, 0.3) is 5.91 Å². The van der Waals surface area contributed by atoms with Crippen LogP contribution >= 0.6 is 0 Å². The summed E-state index contributed by atoms with van der Waals surface area (Å²) in [4.78, 5) is 48.8. The second kappa shape index (κ2) is 7.01. The highest BCUT2D eigenvalue weighted by Gasteiger charge is 2.35. The molecule has 2 aliphatic rings. The van der Waals surface area contributed by atoms with Crippen molar-refractivity contribution in [2.24, 2.45) is 0 Å². The van der Waals surface area contributed by atoms with E-state index in [1.807, 2.05) is 4.90 Å². The summed E-state index contributed by atoms with van der Waals surface area (Å²) in [6, 6.07) is 1.14. The van der Waals surface area contributed by atoms with Crippen molar-refractivity contribution in [1.82, 2.24) is 25.1 Å². The summed E-state index contributed by atoms with van der Waals surface area (Å²) in [5.41, 5.74) is 0.184. The lowest BCUT2D eigenvalue weighted by molar-refractivity contribution is -0.131. The maximum Gasteiger partial charge on any atom is 0.327 e. The number of hydrogen-bond donors (Lipinski definition) is 1. The van der Waals surface area contributed by atoms with Gasteiger partial charge in [0.05, 0.1) is 19.6 Å². The molecule has 0 aromatic carbocycles. The molecule has 0 radical (unpaired) electrons. The largest absolute Gasteiger partial charge is 0.378 e. The first-order valence-corrected chi connectivity index (χ1v) is 7.96. The van der Waals surface area contributed by atoms with Crippen molar-refractivity contribution >= 4 is 23.7 Å². The van der Waals surface area contributed by atoms with Crippen molar-refractivity contribution in [3.05, 3.63) is 18.1 Å². The van der Waals surface area contributed by atoms with Crippen molar-refractivity contribution < 1.29 is 19.1 Å². The summed E-state index contributed by atoms with van der Waals surface area (Å²) in [7, 11) is 2.95. The van der Waals surface area contributed by atoms with E-state index in [1.165, 1.54) is 25.3 Å². The average molecular weight is 348 g/mol. The van der Waals surface area contributed by atoms with Crippen LogP contribution < -0.4 is 10.2 Å². The van der Waals surface area contributed by atoms with Gasteiger partial charge in [0.2, 0.25) is 5.91 Å². The van der Waals surface area contributed by atoms with E-state index in [4.69, 9.17) is 4.74 Å². The number of hydrogen-bond acceptors (Lipinski definition) is 7. The highest BCUT2D eigenvalue weighted by molar-refractivity contribution is 5.98. The Kier molecular flexibility index (Phi) is 4.79. The normalized spacial score (nSPS) is 21.5. The summed E-state index contributed by atoms with van der Waals surface area (Å²) in [5, 5.41) is 2.68. The first kappa shape index (κ1) is 17.1. The number of imide groups is 1. The monoisotopic (exact) mass is 348 g/mol. The van der Waals surface area contributed by atoms with Crippen LogP contribution in [0.25, 0.3) is 0 Å². The van der Waals surface area contributed by atoms with Crippen LogP contribution in [0.3, 0.4) is 0 Å². The van der Waals surface area contributed by atoms with E-state index in [9.17, 15) is 14.4 Å². The molecule has 1 N–H and O–H groups in total. The highest BCUT2D eigenvalue weighted by atomic mass is 16.5. The van der Waals surface area contributed by atoms with Gasteiger partial charge in [-0.2, -0.15) is 0 Å². The zero-order chi connectivity index (χ0) is 18.0. The minimum Gasteiger partial charge on any atom is -0.378 e. The molecular weight excluding hydrogens is 328 g/mol. The number of amides is 4. The molecule has 2 saturated heterocycles. The lowest BCUT2D eigenvalue weighted by atomic mass is 10.2. The van der Waals surface area contributed by atoms with Gasteiger partial charge in [-0.25, -0.2) is 14.8 Å². The highest BCUT2D eigenvalue weighted by Crippen LogP contribution is 2.15. The van der Waals surface area contributed by atoms with Crippen LogP contribution in [0.4, 0.5) is 10.6 Å². The van der Waals surface area contributed by atoms with E-state index in [-0.39, 0.29) is 18.0 Å². The van der Waals surface area contributed by atoms with Gasteiger partial charge >= 0.3 is 6.03 Å². The minimum atomic E-state index is -0.703. The maximum atomic E-state index is 12.5. The van der Waals surface area contributed by atoms with E-state index in [0.717, 1.165) is 4.90 Å². The fourth-order valence-electron chi connectivity index (χ4n) is 2.73. The van der Waals surface area contributed by atoms with Crippen LogP contribution in [0.5, 0.6) is 0 Å². The molecule has 1 atom stereocenters. The van der Waals surface area contributed by atoms with Crippen LogP contribution in [-0.4, -0.2) is 84.2 Å². The molecule has 25 heavy (non-hydrogen) atoms. The number of carbonyl (C=O) groups is 3. The maximum absolute atomic E-state index is 12.5. The number of rotatable bonds is 3. The molecule has 10 heteroatoms. The summed E-state index contributed by atoms with van der Waals surface area (Å²) in [6.07, 6.45) is 0.644. The first-order chi connectivity index (χ1) is 12.0. The van der Waals surface area contributed by atoms with Crippen LogP contribution in [-0.2, 0) is 9.53 Å². The average Bonchev–Trinajstić information content (AvgIpc) is 2.65. The van der Waals surface area contributed by atoms with Crippen LogP contribution in [0.2, 0.25) is 0 Å². The SMILES string of the molecule is CN1C(=O)CC(NC(=O)c2cc(N3CCOCC3)ncn2)N(C)C1=O. The number of carbonyl (C=O) groups excluding carboxylic acids is 3. The van der Waals surface area contributed by atoms with Gasteiger partial charge in [0.15, 0.2) is 0 Å². The van der Waals surface area contributed by atoms with Crippen LogP contribution in [0.1, 0.15) is 16.9 Å². The van der Waals surface area contributed by atoms with Gasteiger partial charge in [0.1, 0.15) is 24.0 Å². The van der Waals surface area contributed by atoms with Gasteiger partial charge in [0, 0.05) is 33.3 Å². The quantitative estimate of drug-likeness (QED) is 0.768. The van der Waals surface area contributed by atoms with Crippen molar-refractivity contribution in [3.8, 4) is 0 Å². The molecule has 0 saturated carbocycles. The molecule has 4 amide bonds. The number of nitrogens with one attached hydrogen (secondary N) is 1. The number of anilines is 1. The Hall–Kier alpha value is -2.75. The molecule has 2 fully saturated rings. The molecular formula is C15H20N6O4. The predicted molar refractivity (Wildman–Crippen MR) is 86.9 cm³/mol. The molecule has 10 nitrogen and oxygen atoms in total. The van der Waals surface area contributed by atoms with E-state index in [2.05, 4.69) is 15.3 Å².